The number of hydrogen-bond acceptors (Lipinski definition) is 3. The minimum atomic E-state index is -0.155. The van der Waals surface area contributed by atoms with E-state index in [1.807, 2.05) is 54.6 Å². The predicted molar refractivity (Wildman–Crippen MR) is 95.5 cm³/mol. The molecule has 0 atom stereocenters. The molecule has 1 amide bonds. The summed E-state index contributed by atoms with van der Waals surface area (Å²) in [4.78, 5) is 23.2. The molecule has 1 aliphatic heterocycles. The molecule has 116 valence electrons. The van der Waals surface area contributed by atoms with Gasteiger partial charge in [-0.25, -0.2) is 9.98 Å². The second-order valence-electron chi connectivity index (χ2n) is 5.29. The molecule has 3 aromatic rings. The van der Waals surface area contributed by atoms with Crippen LogP contribution in [0.5, 0.6) is 0 Å². The van der Waals surface area contributed by atoms with Crippen molar-refractivity contribution in [3.05, 3.63) is 83.6 Å². The topological polar surface area (TPSA) is 45.6 Å². The number of aromatic nitrogens is 1. The lowest BCUT2D eigenvalue weighted by Gasteiger charge is -2.16. The van der Waals surface area contributed by atoms with E-state index in [2.05, 4.69) is 9.98 Å². The van der Waals surface area contributed by atoms with E-state index in [1.54, 1.807) is 23.2 Å². The molecule has 0 unspecified atom stereocenters. The van der Waals surface area contributed by atoms with E-state index < -0.39 is 0 Å². The predicted octanol–water partition coefficient (Wildman–Crippen LogP) is 4.53. The van der Waals surface area contributed by atoms with Gasteiger partial charge < -0.3 is 0 Å². The molecule has 2 heterocycles. The van der Waals surface area contributed by atoms with Gasteiger partial charge in [0.05, 0.1) is 17.6 Å². The molecule has 0 bridgehead atoms. The van der Waals surface area contributed by atoms with Crippen LogP contribution in [0.3, 0.4) is 0 Å². The van der Waals surface area contributed by atoms with E-state index in [1.165, 1.54) is 0 Å². The molecule has 0 N–H and O–H groups in total. The number of carbonyl (C=O) groups is 1. The number of halogens is 1. The molecule has 2 aromatic carbocycles. The van der Waals surface area contributed by atoms with E-state index >= 15 is 0 Å². The minimum Gasteiger partial charge on any atom is -0.275 e. The van der Waals surface area contributed by atoms with Gasteiger partial charge in [0.1, 0.15) is 10.9 Å². The molecule has 0 aliphatic carbocycles. The molecular weight excluding hydrogens is 322 g/mol. The number of amides is 1. The molecule has 0 spiro atoms. The van der Waals surface area contributed by atoms with Gasteiger partial charge in [-0.1, -0.05) is 48.0 Å². The highest BCUT2D eigenvalue weighted by atomic mass is 35.5. The van der Waals surface area contributed by atoms with Crippen molar-refractivity contribution < 1.29 is 4.79 Å². The van der Waals surface area contributed by atoms with Gasteiger partial charge in [0.2, 0.25) is 0 Å². The van der Waals surface area contributed by atoms with E-state index in [9.17, 15) is 4.79 Å². The number of benzene rings is 2. The molecule has 1 aliphatic rings. The van der Waals surface area contributed by atoms with E-state index in [-0.39, 0.29) is 5.91 Å². The smallest absolute Gasteiger partial charge is 0.275 e. The van der Waals surface area contributed by atoms with Crippen LogP contribution < -0.4 is 4.90 Å². The zero-order valence-electron chi connectivity index (χ0n) is 12.6. The van der Waals surface area contributed by atoms with Crippen molar-refractivity contribution in [1.82, 2.24) is 4.98 Å². The second kappa shape index (κ2) is 5.91. The highest BCUT2D eigenvalue weighted by molar-refractivity contribution is 6.56. The first kappa shape index (κ1) is 14.6. The molecule has 0 radical (unpaired) electrons. The zero-order valence-corrected chi connectivity index (χ0v) is 13.3. The second-order valence-corrected chi connectivity index (χ2v) is 5.68. The summed E-state index contributed by atoms with van der Waals surface area (Å²) in [5.41, 5.74) is 3.44. The number of para-hydroxylation sites is 2. The number of carbonyl (C=O) groups excluding carboxylic acids is 1. The minimum absolute atomic E-state index is 0.155. The number of fused-ring (bicyclic) bond motifs is 1. The van der Waals surface area contributed by atoms with Gasteiger partial charge >= 0.3 is 0 Å². The lowest BCUT2D eigenvalue weighted by atomic mass is 10.1. The Hall–Kier alpha value is -2.98. The molecule has 0 fully saturated rings. The molecule has 0 saturated heterocycles. The zero-order chi connectivity index (χ0) is 16.5. The summed E-state index contributed by atoms with van der Waals surface area (Å²) >= 11 is 5.81. The number of anilines is 2. The molecule has 5 heteroatoms. The first-order chi connectivity index (χ1) is 11.7. The summed E-state index contributed by atoms with van der Waals surface area (Å²) in [5.74, 6) is -0.155. The van der Waals surface area contributed by atoms with Gasteiger partial charge in [0.15, 0.2) is 0 Å². The maximum atomic E-state index is 13.0. The third kappa shape index (κ3) is 2.47. The lowest BCUT2D eigenvalue weighted by molar-refractivity contribution is -0.111. The van der Waals surface area contributed by atoms with E-state index in [0.29, 0.717) is 16.6 Å². The standard InChI is InChI=1S/C19H12ClN3O/c20-17-11-10-13(12-21-17)22-18-15-8-4-5-9-16(15)23(19(18)24)14-6-2-1-3-7-14/h1-12H/b22-18-. The Morgan fingerprint density at radius 2 is 1.67 bits per heavy atom. The van der Waals surface area contributed by atoms with Crippen LogP contribution in [-0.2, 0) is 4.79 Å². The first-order valence-corrected chi connectivity index (χ1v) is 7.81. The average Bonchev–Trinajstić information content (AvgIpc) is 2.90. The summed E-state index contributed by atoms with van der Waals surface area (Å²) < 4.78 is 0. The van der Waals surface area contributed by atoms with E-state index in [4.69, 9.17) is 11.6 Å². The molecule has 4 nitrogen and oxygen atoms in total. The Balaban J connectivity index is 1.85. The van der Waals surface area contributed by atoms with Crippen molar-refractivity contribution in [2.45, 2.75) is 0 Å². The normalized spacial score (nSPS) is 15.0. The number of hydrogen-bond donors (Lipinski definition) is 0. The van der Waals surface area contributed by atoms with Gasteiger partial charge in [0, 0.05) is 11.3 Å². The average molecular weight is 334 g/mol. The fourth-order valence-corrected chi connectivity index (χ4v) is 2.82. The Morgan fingerprint density at radius 1 is 0.917 bits per heavy atom. The first-order valence-electron chi connectivity index (χ1n) is 7.43. The van der Waals surface area contributed by atoms with Crippen LogP contribution in [0.4, 0.5) is 17.1 Å². The van der Waals surface area contributed by atoms with Crippen LogP contribution in [0.15, 0.2) is 77.9 Å². The maximum absolute atomic E-state index is 13.0. The molecule has 4 rings (SSSR count). The summed E-state index contributed by atoms with van der Waals surface area (Å²) in [6.45, 7) is 0. The number of pyridine rings is 1. The highest BCUT2D eigenvalue weighted by Crippen LogP contribution is 2.36. The van der Waals surface area contributed by atoms with Crippen molar-refractivity contribution >= 4 is 40.3 Å². The molecular formula is C19H12ClN3O. The van der Waals surface area contributed by atoms with Crippen molar-refractivity contribution in [1.29, 1.82) is 0 Å². The van der Waals surface area contributed by atoms with Crippen molar-refractivity contribution in [2.75, 3.05) is 4.90 Å². The number of rotatable bonds is 2. The highest BCUT2D eigenvalue weighted by Gasteiger charge is 2.34. The third-order valence-corrected chi connectivity index (χ3v) is 4.00. The van der Waals surface area contributed by atoms with Gasteiger partial charge in [-0.2, -0.15) is 0 Å². The molecule has 24 heavy (non-hydrogen) atoms. The monoisotopic (exact) mass is 333 g/mol. The van der Waals surface area contributed by atoms with Crippen molar-refractivity contribution in [2.24, 2.45) is 4.99 Å². The van der Waals surface area contributed by atoms with Crippen LogP contribution >= 0.6 is 11.6 Å². The Labute approximate surface area is 144 Å². The van der Waals surface area contributed by atoms with Crippen molar-refractivity contribution in [3.8, 4) is 0 Å². The number of nitrogens with zero attached hydrogens (tertiary/aromatic N) is 3. The molecule has 1 aromatic heterocycles. The van der Waals surface area contributed by atoms with E-state index in [0.717, 1.165) is 16.9 Å². The van der Waals surface area contributed by atoms with Gasteiger partial charge in [-0.05, 0) is 30.3 Å². The summed E-state index contributed by atoms with van der Waals surface area (Å²) in [7, 11) is 0. The fraction of sp³-hybridized carbons (Fsp3) is 0. The molecule has 0 saturated carbocycles. The largest absolute Gasteiger partial charge is 0.282 e. The van der Waals surface area contributed by atoms with Crippen LogP contribution in [0.1, 0.15) is 5.56 Å². The number of aliphatic imine (C=N–C) groups is 1. The maximum Gasteiger partial charge on any atom is 0.282 e. The SMILES string of the molecule is O=C1/C(=N\c2ccc(Cl)nc2)c2ccccc2N1c1ccccc1. The Kier molecular flexibility index (Phi) is 3.59. The van der Waals surface area contributed by atoms with Crippen LogP contribution in [0.25, 0.3) is 0 Å². The van der Waals surface area contributed by atoms with Crippen LogP contribution in [0.2, 0.25) is 5.15 Å². The summed E-state index contributed by atoms with van der Waals surface area (Å²) in [5, 5.41) is 0.392. The van der Waals surface area contributed by atoms with Gasteiger partial charge in [0.25, 0.3) is 5.91 Å². The lowest BCUT2D eigenvalue weighted by Crippen LogP contribution is -2.25. The quantitative estimate of drug-likeness (QED) is 0.646. The van der Waals surface area contributed by atoms with Crippen LogP contribution in [-0.4, -0.2) is 16.6 Å². The van der Waals surface area contributed by atoms with Crippen LogP contribution in [0, 0.1) is 0 Å². The Bertz CT molecular complexity index is 936. The Morgan fingerprint density at radius 3 is 2.42 bits per heavy atom. The van der Waals surface area contributed by atoms with Gasteiger partial charge in [-0.15, -0.1) is 0 Å². The third-order valence-electron chi connectivity index (χ3n) is 3.77. The van der Waals surface area contributed by atoms with Gasteiger partial charge in [-0.3, -0.25) is 9.69 Å². The summed E-state index contributed by atoms with van der Waals surface area (Å²) in [6.07, 6.45) is 1.55. The fourth-order valence-electron chi connectivity index (χ4n) is 2.70. The van der Waals surface area contributed by atoms with Crippen molar-refractivity contribution in [3.63, 3.8) is 0 Å². The summed E-state index contributed by atoms with van der Waals surface area (Å²) in [6, 6.07) is 20.6.